The van der Waals surface area contributed by atoms with Crippen molar-refractivity contribution in [3.63, 3.8) is 0 Å². The predicted molar refractivity (Wildman–Crippen MR) is 72.6 cm³/mol. The van der Waals surface area contributed by atoms with Gasteiger partial charge in [0, 0.05) is 11.8 Å². The zero-order chi connectivity index (χ0) is 12.8. The molecule has 2 aromatic heterocycles. The maximum Gasteiger partial charge on any atom is 0.178 e. The number of aryl methyl sites for hydroxylation is 1. The van der Waals surface area contributed by atoms with Gasteiger partial charge in [-0.2, -0.15) is 0 Å². The molecule has 4 rings (SSSR count). The number of nitrogens with zero attached hydrogens (tertiary/aromatic N) is 2. The number of fused-ring (bicyclic) bond motifs is 2. The van der Waals surface area contributed by atoms with E-state index in [1.807, 2.05) is 13.1 Å². The van der Waals surface area contributed by atoms with Crippen LogP contribution < -0.4 is 0 Å². The second-order valence-electron chi connectivity index (χ2n) is 4.95. The molecule has 0 spiro atoms. The van der Waals surface area contributed by atoms with E-state index in [1.165, 1.54) is 11.1 Å². The van der Waals surface area contributed by atoms with E-state index in [0.29, 0.717) is 6.61 Å². The topological polar surface area (TPSA) is 50.8 Å². The summed E-state index contributed by atoms with van der Waals surface area (Å²) in [6.07, 6.45) is 1.84. The zero-order valence-electron chi connectivity index (χ0n) is 10.6. The summed E-state index contributed by atoms with van der Waals surface area (Å²) < 4.78 is 5.44. The Morgan fingerprint density at radius 2 is 2.05 bits per heavy atom. The molecule has 0 bridgehead atoms. The minimum atomic E-state index is 0.695. The summed E-state index contributed by atoms with van der Waals surface area (Å²) in [5.74, 6) is 0.864. The van der Waals surface area contributed by atoms with Gasteiger partial charge in [-0.15, -0.1) is 0 Å². The van der Waals surface area contributed by atoms with Crippen LogP contribution in [0.15, 0.2) is 30.5 Å². The van der Waals surface area contributed by atoms with Crippen LogP contribution in [0.1, 0.15) is 16.7 Å². The van der Waals surface area contributed by atoms with Crippen molar-refractivity contribution in [1.29, 1.82) is 0 Å². The Hall–Kier alpha value is -2.20. The average molecular weight is 251 g/mol. The number of nitrogens with one attached hydrogen (secondary N) is 1. The van der Waals surface area contributed by atoms with Crippen LogP contribution in [0.25, 0.3) is 22.6 Å². The molecule has 0 radical (unpaired) electrons. The van der Waals surface area contributed by atoms with Gasteiger partial charge >= 0.3 is 0 Å². The lowest BCUT2D eigenvalue weighted by molar-refractivity contribution is 0.134. The number of imidazole rings is 1. The second-order valence-corrected chi connectivity index (χ2v) is 4.95. The first-order chi connectivity index (χ1) is 9.29. The van der Waals surface area contributed by atoms with Gasteiger partial charge in [-0.25, -0.2) is 9.97 Å². The standard InChI is InChI=1S/C15H13N3O/c1-9-4-13-15(16-6-9)18-14(17-13)10-2-3-11-7-19-8-12(11)5-10/h2-6H,7-8H2,1H3,(H,16,17,18). The normalized spacial score (nSPS) is 13.9. The lowest BCUT2D eigenvalue weighted by Gasteiger charge is -2.00. The van der Waals surface area contributed by atoms with E-state index in [0.717, 1.165) is 34.7 Å². The SMILES string of the molecule is Cc1cnc2nc(-c3ccc4c(c3)COC4)[nH]c2c1. The summed E-state index contributed by atoms with van der Waals surface area (Å²) in [5.41, 5.74) is 6.48. The Bertz CT molecular complexity index is 776. The van der Waals surface area contributed by atoms with Gasteiger partial charge in [-0.3, -0.25) is 0 Å². The summed E-state index contributed by atoms with van der Waals surface area (Å²) in [5, 5.41) is 0. The van der Waals surface area contributed by atoms with E-state index in [1.54, 1.807) is 0 Å². The van der Waals surface area contributed by atoms with Crippen LogP contribution in [0.2, 0.25) is 0 Å². The first-order valence-electron chi connectivity index (χ1n) is 6.32. The molecule has 0 unspecified atom stereocenters. The third-order valence-corrected chi connectivity index (χ3v) is 3.47. The number of pyridine rings is 1. The molecule has 0 aliphatic carbocycles. The summed E-state index contributed by atoms with van der Waals surface area (Å²) >= 11 is 0. The molecule has 19 heavy (non-hydrogen) atoms. The maximum absolute atomic E-state index is 5.44. The Morgan fingerprint density at radius 1 is 1.16 bits per heavy atom. The number of aromatic amines is 1. The number of hydrogen-bond acceptors (Lipinski definition) is 3. The first-order valence-corrected chi connectivity index (χ1v) is 6.32. The molecule has 1 aliphatic heterocycles. The fourth-order valence-corrected chi connectivity index (χ4v) is 2.46. The van der Waals surface area contributed by atoms with Crippen LogP contribution in [0.5, 0.6) is 0 Å². The van der Waals surface area contributed by atoms with Crippen molar-refractivity contribution in [2.75, 3.05) is 0 Å². The lowest BCUT2D eigenvalue weighted by Crippen LogP contribution is -1.86. The summed E-state index contributed by atoms with van der Waals surface area (Å²) in [7, 11) is 0. The zero-order valence-corrected chi connectivity index (χ0v) is 10.6. The van der Waals surface area contributed by atoms with Crippen molar-refractivity contribution in [2.24, 2.45) is 0 Å². The van der Waals surface area contributed by atoms with Gasteiger partial charge < -0.3 is 9.72 Å². The number of hydrogen-bond donors (Lipinski definition) is 1. The summed E-state index contributed by atoms with van der Waals surface area (Å²) in [6.45, 7) is 3.44. The van der Waals surface area contributed by atoms with Crippen molar-refractivity contribution < 1.29 is 4.74 Å². The number of rotatable bonds is 1. The molecule has 0 saturated carbocycles. The molecule has 4 nitrogen and oxygen atoms in total. The predicted octanol–water partition coefficient (Wildman–Crippen LogP) is 2.96. The van der Waals surface area contributed by atoms with Gasteiger partial charge in [-0.1, -0.05) is 12.1 Å². The number of aromatic nitrogens is 3. The van der Waals surface area contributed by atoms with Crippen molar-refractivity contribution in [3.05, 3.63) is 47.2 Å². The molecule has 94 valence electrons. The highest BCUT2D eigenvalue weighted by Gasteiger charge is 2.13. The summed E-state index contributed by atoms with van der Waals surface area (Å²) in [4.78, 5) is 12.2. The molecule has 0 amide bonds. The van der Waals surface area contributed by atoms with E-state index in [4.69, 9.17) is 4.74 Å². The van der Waals surface area contributed by atoms with Gasteiger partial charge in [-0.05, 0) is 35.7 Å². The van der Waals surface area contributed by atoms with Gasteiger partial charge in [0.25, 0.3) is 0 Å². The summed E-state index contributed by atoms with van der Waals surface area (Å²) in [6, 6.07) is 8.41. The highest BCUT2D eigenvalue weighted by Crippen LogP contribution is 2.26. The fraction of sp³-hybridized carbons (Fsp3) is 0.200. The van der Waals surface area contributed by atoms with Gasteiger partial charge in [0.1, 0.15) is 5.82 Å². The minimum absolute atomic E-state index is 0.695. The maximum atomic E-state index is 5.44. The van der Waals surface area contributed by atoms with Crippen molar-refractivity contribution in [1.82, 2.24) is 15.0 Å². The quantitative estimate of drug-likeness (QED) is 0.723. The smallest absolute Gasteiger partial charge is 0.178 e. The largest absolute Gasteiger partial charge is 0.372 e. The molecule has 0 atom stereocenters. The molecular weight excluding hydrogens is 238 g/mol. The Labute approximate surface area is 110 Å². The van der Waals surface area contributed by atoms with E-state index in [-0.39, 0.29) is 0 Å². The van der Waals surface area contributed by atoms with Crippen LogP contribution in [-0.2, 0) is 18.0 Å². The van der Waals surface area contributed by atoms with Crippen molar-refractivity contribution in [2.45, 2.75) is 20.1 Å². The number of ether oxygens (including phenoxy) is 1. The fourth-order valence-electron chi connectivity index (χ4n) is 2.46. The Balaban J connectivity index is 1.85. The van der Waals surface area contributed by atoms with E-state index >= 15 is 0 Å². The van der Waals surface area contributed by atoms with Crippen LogP contribution in [0.4, 0.5) is 0 Å². The molecule has 3 heterocycles. The van der Waals surface area contributed by atoms with Crippen LogP contribution >= 0.6 is 0 Å². The Kier molecular flexibility index (Phi) is 2.19. The third-order valence-electron chi connectivity index (χ3n) is 3.47. The highest BCUT2D eigenvalue weighted by molar-refractivity contribution is 5.76. The van der Waals surface area contributed by atoms with Crippen molar-refractivity contribution in [3.8, 4) is 11.4 Å². The highest BCUT2D eigenvalue weighted by atomic mass is 16.5. The van der Waals surface area contributed by atoms with Gasteiger partial charge in [0.2, 0.25) is 0 Å². The molecule has 1 aliphatic rings. The molecular formula is C15H13N3O. The van der Waals surface area contributed by atoms with E-state index in [9.17, 15) is 0 Å². The van der Waals surface area contributed by atoms with Gasteiger partial charge in [0.05, 0.1) is 18.7 Å². The number of benzene rings is 1. The van der Waals surface area contributed by atoms with Crippen molar-refractivity contribution >= 4 is 11.2 Å². The molecule has 1 N–H and O–H groups in total. The molecule has 4 heteroatoms. The van der Waals surface area contributed by atoms with Crippen LogP contribution in [0.3, 0.4) is 0 Å². The molecule has 0 fully saturated rings. The van der Waals surface area contributed by atoms with Crippen LogP contribution in [-0.4, -0.2) is 15.0 Å². The third kappa shape index (κ3) is 1.72. The monoisotopic (exact) mass is 251 g/mol. The van der Waals surface area contributed by atoms with E-state index in [2.05, 4.69) is 39.2 Å². The van der Waals surface area contributed by atoms with Crippen LogP contribution in [0, 0.1) is 6.92 Å². The molecule has 0 saturated heterocycles. The Morgan fingerprint density at radius 3 is 3.00 bits per heavy atom. The second kappa shape index (κ2) is 3.90. The minimum Gasteiger partial charge on any atom is -0.372 e. The molecule has 1 aromatic carbocycles. The first kappa shape index (κ1) is 10.7. The number of H-pyrrole nitrogens is 1. The lowest BCUT2D eigenvalue weighted by atomic mass is 10.1. The van der Waals surface area contributed by atoms with Gasteiger partial charge in [0.15, 0.2) is 5.65 Å². The molecule has 3 aromatic rings. The van der Waals surface area contributed by atoms with E-state index < -0.39 is 0 Å². The average Bonchev–Trinajstić information content (AvgIpc) is 3.02.